The molecule has 12 rings (SSSR count). The van der Waals surface area contributed by atoms with Crippen molar-refractivity contribution in [2.45, 2.75) is 0 Å². The molecule has 0 bridgehead atoms. The lowest BCUT2D eigenvalue weighted by Crippen LogP contribution is -2.09. The van der Waals surface area contributed by atoms with E-state index in [1.807, 2.05) is 0 Å². The summed E-state index contributed by atoms with van der Waals surface area (Å²) in [6.45, 7) is 0. The Kier molecular flexibility index (Phi) is 9.20. The van der Waals surface area contributed by atoms with E-state index >= 15 is 0 Å². The average Bonchev–Trinajstić information content (AvgIpc) is 3.71. The number of fused-ring (bicyclic) bond motifs is 5. The van der Waals surface area contributed by atoms with Crippen LogP contribution in [0.3, 0.4) is 0 Å². The van der Waals surface area contributed by atoms with Crippen LogP contribution >= 0.6 is 0 Å². The Morgan fingerprint density at radius 2 is 0.625 bits per heavy atom. The molecule has 0 saturated heterocycles. The van der Waals surface area contributed by atoms with Crippen molar-refractivity contribution in [1.82, 2.24) is 4.57 Å². The van der Waals surface area contributed by atoms with Crippen LogP contribution in [0.2, 0.25) is 0 Å². The standard InChI is InChI=1S/C62H42N2/c1-3-13-51-41-53(30-27-43(51)11-1)49-23-21-45(22-24-49)47-31-36-54(37-32-47)63(56-40-35-44-12-2-4-14-52(44)42-56)55-38-33-48(34-39-55)46-25-28-50(29-26-46)57-15-5-8-18-60(57)64-61-19-9-6-16-58(61)59-17-7-10-20-62(59)64/h1-42H. The lowest BCUT2D eigenvalue weighted by molar-refractivity contribution is 1.18. The van der Waals surface area contributed by atoms with Gasteiger partial charge in [0.25, 0.3) is 0 Å². The number of nitrogens with zero attached hydrogens (tertiary/aromatic N) is 2. The third-order valence-electron chi connectivity index (χ3n) is 12.8. The number of rotatable bonds is 8. The van der Waals surface area contributed by atoms with Gasteiger partial charge in [-0.15, -0.1) is 0 Å². The highest BCUT2D eigenvalue weighted by molar-refractivity contribution is 6.09. The summed E-state index contributed by atoms with van der Waals surface area (Å²) in [7, 11) is 0. The molecule has 2 heteroatoms. The molecule has 1 heterocycles. The van der Waals surface area contributed by atoms with E-state index in [-0.39, 0.29) is 0 Å². The van der Waals surface area contributed by atoms with Crippen molar-refractivity contribution < 1.29 is 0 Å². The van der Waals surface area contributed by atoms with E-state index in [2.05, 4.69) is 264 Å². The minimum atomic E-state index is 1.10. The molecule has 0 aliphatic heterocycles. The van der Waals surface area contributed by atoms with Gasteiger partial charge < -0.3 is 9.47 Å². The predicted octanol–water partition coefficient (Wildman–Crippen LogP) is 17.2. The minimum absolute atomic E-state index is 1.10. The molecule has 12 aromatic rings. The fourth-order valence-corrected chi connectivity index (χ4v) is 9.53. The Balaban J connectivity index is 0.849. The second-order valence-corrected chi connectivity index (χ2v) is 16.6. The third-order valence-corrected chi connectivity index (χ3v) is 12.8. The number of hydrogen-bond acceptors (Lipinski definition) is 1. The lowest BCUT2D eigenvalue weighted by atomic mass is 9.98. The topological polar surface area (TPSA) is 8.17 Å². The van der Waals surface area contributed by atoms with Gasteiger partial charge in [0.05, 0.1) is 16.7 Å². The van der Waals surface area contributed by atoms with E-state index in [9.17, 15) is 0 Å². The molecule has 0 spiro atoms. The molecule has 0 saturated carbocycles. The van der Waals surface area contributed by atoms with E-state index in [1.165, 1.54) is 93.5 Å². The second kappa shape index (κ2) is 15.8. The van der Waals surface area contributed by atoms with Crippen molar-refractivity contribution in [1.29, 1.82) is 0 Å². The Hall–Kier alpha value is -8.46. The van der Waals surface area contributed by atoms with Crippen molar-refractivity contribution >= 4 is 60.4 Å². The van der Waals surface area contributed by atoms with Crippen LogP contribution in [0.15, 0.2) is 255 Å². The predicted molar refractivity (Wildman–Crippen MR) is 272 cm³/mol. The molecule has 0 aliphatic rings. The quantitative estimate of drug-likeness (QED) is 0.148. The summed E-state index contributed by atoms with van der Waals surface area (Å²) in [4.78, 5) is 2.36. The Labute approximate surface area is 373 Å². The zero-order valence-corrected chi connectivity index (χ0v) is 35.1. The van der Waals surface area contributed by atoms with Crippen LogP contribution in [0, 0.1) is 0 Å². The highest BCUT2D eigenvalue weighted by Gasteiger charge is 2.17. The van der Waals surface area contributed by atoms with Gasteiger partial charge in [0.2, 0.25) is 0 Å². The van der Waals surface area contributed by atoms with Crippen molar-refractivity contribution in [3.63, 3.8) is 0 Å². The molecule has 0 N–H and O–H groups in total. The van der Waals surface area contributed by atoms with E-state index in [0.29, 0.717) is 0 Å². The largest absolute Gasteiger partial charge is 0.310 e. The maximum atomic E-state index is 2.41. The minimum Gasteiger partial charge on any atom is -0.310 e. The van der Waals surface area contributed by atoms with Crippen molar-refractivity contribution in [3.8, 4) is 50.2 Å². The molecule has 0 atom stereocenters. The maximum Gasteiger partial charge on any atom is 0.0541 e. The molecule has 0 aliphatic carbocycles. The first-order valence-corrected chi connectivity index (χ1v) is 22.0. The molecule has 64 heavy (non-hydrogen) atoms. The van der Waals surface area contributed by atoms with Gasteiger partial charge in [-0.1, -0.05) is 194 Å². The number of para-hydroxylation sites is 3. The van der Waals surface area contributed by atoms with Crippen LogP contribution in [0.25, 0.3) is 93.5 Å². The molecule has 0 unspecified atom stereocenters. The van der Waals surface area contributed by atoms with Crippen LogP contribution in [0.5, 0.6) is 0 Å². The van der Waals surface area contributed by atoms with Gasteiger partial charge in [0, 0.05) is 33.4 Å². The monoisotopic (exact) mass is 814 g/mol. The van der Waals surface area contributed by atoms with E-state index in [4.69, 9.17) is 0 Å². The molecule has 0 fully saturated rings. The zero-order valence-electron chi connectivity index (χ0n) is 35.1. The number of hydrogen-bond donors (Lipinski definition) is 0. The maximum absolute atomic E-state index is 2.41. The highest BCUT2D eigenvalue weighted by atomic mass is 15.1. The van der Waals surface area contributed by atoms with Crippen LogP contribution < -0.4 is 4.90 Å². The summed E-state index contributed by atoms with van der Waals surface area (Å²) in [6, 6.07) is 92.6. The SMILES string of the molecule is c1ccc(-n2c3ccccc3c3ccccc32)c(-c2ccc(-c3ccc(N(c4ccc(-c5ccc(-c6ccc7ccccc7c6)cc5)cc4)c4ccc5ccccc5c4)cc3)cc2)c1. The van der Waals surface area contributed by atoms with Crippen LogP contribution in [-0.2, 0) is 0 Å². The Bertz CT molecular complexity index is 3580. The molecule has 0 radical (unpaired) electrons. The molecule has 0 amide bonds. The van der Waals surface area contributed by atoms with E-state index < -0.39 is 0 Å². The van der Waals surface area contributed by atoms with Crippen LogP contribution in [0.4, 0.5) is 17.1 Å². The zero-order chi connectivity index (χ0) is 42.4. The summed E-state index contributed by atoms with van der Waals surface area (Å²) in [6.07, 6.45) is 0. The van der Waals surface area contributed by atoms with Gasteiger partial charge in [-0.25, -0.2) is 0 Å². The van der Waals surface area contributed by atoms with Crippen LogP contribution in [0.1, 0.15) is 0 Å². The van der Waals surface area contributed by atoms with Gasteiger partial charge >= 0.3 is 0 Å². The smallest absolute Gasteiger partial charge is 0.0541 e. The third kappa shape index (κ3) is 6.70. The Morgan fingerprint density at radius 3 is 1.19 bits per heavy atom. The molecule has 1 aromatic heterocycles. The first-order valence-electron chi connectivity index (χ1n) is 22.0. The Morgan fingerprint density at radius 1 is 0.250 bits per heavy atom. The van der Waals surface area contributed by atoms with Gasteiger partial charge in [-0.3, -0.25) is 0 Å². The normalized spacial score (nSPS) is 11.4. The number of aromatic nitrogens is 1. The fraction of sp³-hybridized carbons (Fsp3) is 0. The summed E-state index contributed by atoms with van der Waals surface area (Å²) < 4.78 is 2.41. The van der Waals surface area contributed by atoms with E-state index in [1.54, 1.807) is 0 Å². The van der Waals surface area contributed by atoms with Crippen molar-refractivity contribution in [2.24, 2.45) is 0 Å². The lowest BCUT2D eigenvalue weighted by Gasteiger charge is -2.26. The number of anilines is 3. The average molecular weight is 815 g/mol. The second-order valence-electron chi connectivity index (χ2n) is 16.6. The van der Waals surface area contributed by atoms with Crippen molar-refractivity contribution in [2.75, 3.05) is 4.90 Å². The first kappa shape index (κ1) is 37.3. The summed E-state index contributed by atoms with van der Waals surface area (Å²) in [5, 5.41) is 7.49. The van der Waals surface area contributed by atoms with E-state index in [0.717, 1.165) is 17.1 Å². The summed E-state index contributed by atoms with van der Waals surface area (Å²) >= 11 is 0. The summed E-state index contributed by atoms with van der Waals surface area (Å²) in [5.74, 6) is 0. The summed E-state index contributed by atoms with van der Waals surface area (Å²) in [5.41, 5.74) is 16.5. The van der Waals surface area contributed by atoms with Crippen molar-refractivity contribution in [3.05, 3.63) is 255 Å². The first-order chi connectivity index (χ1) is 31.7. The van der Waals surface area contributed by atoms with Gasteiger partial charge in [-0.05, 0) is 121 Å². The van der Waals surface area contributed by atoms with Gasteiger partial charge in [0.1, 0.15) is 0 Å². The molecule has 11 aromatic carbocycles. The highest BCUT2D eigenvalue weighted by Crippen LogP contribution is 2.40. The van der Waals surface area contributed by atoms with Gasteiger partial charge in [-0.2, -0.15) is 0 Å². The molecular weight excluding hydrogens is 773 g/mol. The fourth-order valence-electron chi connectivity index (χ4n) is 9.53. The van der Waals surface area contributed by atoms with Gasteiger partial charge in [0.15, 0.2) is 0 Å². The molecule has 300 valence electrons. The van der Waals surface area contributed by atoms with Crippen LogP contribution in [-0.4, -0.2) is 4.57 Å². The molecular formula is C62H42N2. The number of benzene rings is 11. The molecule has 2 nitrogen and oxygen atoms in total.